The van der Waals surface area contributed by atoms with E-state index in [1.165, 1.54) is 6.33 Å². The highest BCUT2D eigenvalue weighted by Gasteiger charge is 2.17. The van der Waals surface area contributed by atoms with Crippen LogP contribution < -0.4 is 0 Å². The monoisotopic (exact) mass is 327 g/mol. The lowest BCUT2D eigenvalue weighted by Crippen LogP contribution is -2.08. The molecule has 0 aliphatic carbocycles. The van der Waals surface area contributed by atoms with Gasteiger partial charge in [-0.2, -0.15) is 9.78 Å². The van der Waals surface area contributed by atoms with Gasteiger partial charge in [0, 0.05) is 18.3 Å². The van der Waals surface area contributed by atoms with E-state index in [-0.39, 0.29) is 0 Å². The lowest BCUT2D eigenvalue weighted by molar-refractivity contribution is 0.118. The summed E-state index contributed by atoms with van der Waals surface area (Å²) in [5.41, 5.74) is 3.43. The van der Waals surface area contributed by atoms with Crippen LogP contribution in [0, 0.1) is 5.92 Å². The molecule has 0 saturated heterocycles. The summed E-state index contributed by atoms with van der Waals surface area (Å²) >= 11 is 0. The topological polar surface area (TPSA) is 83.0 Å². The maximum Gasteiger partial charge on any atom is 0.233 e. The fourth-order valence-electron chi connectivity index (χ4n) is 2.46. The molecule has 126 valence electrons. The summed E-state index contributed by atoms with van der Waals surface area (Å²) in [6, 6.07) is 0. The van der Waals surface area contributed by atoms with Crippen LogP contribution in [-0.2, 0) is 11.4 Å². The third-order valence-electron chi connectivity index (χ3n) is 3.57. The van der Waals surface area contributed by atoms with E-state index in [9.17, 15) is 0 Å². The number of pyridine rings is 1. The second-order valence-electron chi connectivity index (χ2n) is 5.92. The number of aryl methyl sites for hydroxylation is 1. The van der Waals surface area contributed by atoms with E-state index >= 15 is 0 Å². The van der Waals surface area contributed by atoms with E-state index in [4.69, 9.17) is 4.84 Å². The number of fused-ring (bicyclic) bond motifs is 1. The number of nitrogens with zero attached hydrogens (tertiary/aromatic N) is 7. The summed E-state index contributed by atoms with van der Waals surface area (Å²) in [5, 5.41) is 8.41. The number of rotatable bonds is 6. The smallest absolute Gasteiger partial charge is 0.233 e. The highest BCUT2D eigenvalue weighted by atomic mass is 16.6. The van der Waals surface area contributed by atoms with Gasteiger partial charge >= 0.3 is 0 Å². The van der Waals surface area contributed by atoms with Crippen LogP contribution in [0.25, 0.3) is 17.0 Å². The molecule has 0 atom stereocenters. The standard InChI is InChI=1S/C16H21N7O/c1-5-22-15-13(12(4)21-24-8-11(2)3)6-17-7-14(15)20-16(22)23-10-18-9-19-23/h6-7,9-11H,5,8H2,1-4H3. The molecular weight excluding hydrogens is 306 g/mol. The highest BCUT2D eigenvalue weighted by Crippen LogP contribution is 2.22. The maximum atomic E-state index is 5.42. The Morgan fingerprint density at radius 3 is 2.79 bits per heavy atom. The summed E-state index contributed by atoms with van der Waals surface area (Å²) in [6.07, 6.45) is 6.66. The van der Waals surface area contributed by atoms with Crippen molar-refractivity contribution in [2.24, 2.45) is 11.1 Å². The Labute approximate surface area is 140 Å². The van der Waals surface area contributed by atoms with Crippen LogP contribution >= 0.6 is 0 Å². The number of oxime groups is 1. The predicted octanol–water partition coefficient (Wildman–Crippen LogP) is 2.43. The molecule has 0 fully saturated rings. The summed E-state index contributed by atoms with van der Waals surface area (Å²) in [5.74, 6) is 1.13. The number of hydrogen-bond donors (Lipinski definition) is 0. The van der Waals surface area contributed by atoms with Gasteiger partial charge in [0.2, 0.25) is 5.95 Å². The Morgan fingerprint density at radius 2 is 2.12 bits per heavy atom. The SMILES string of the molecule is CCn1c(-n2cncn2)nc2cncc(C(C)=NOCC(C)C)c21. The Morgan fingerprint density at radius 1 is 1.29 bits per heavy atom. The average molecular weight is 327 g/mol. The zero-order valence-electron chi connectivity index (χ0n) is 14.3. The molecule has 0 bridgehead atoms. The highest BCUT2D eigenvalue weighted by molar-refractivity contribution is 6.07. The van der Waals surface area contributed by atoms with Crippen molar-refractivity contribution in [1.29, 1.82) is 0 Å². The Kier molecular flexibility index (Phi) is 4.54. The van der Waals surface area contributed by atoms with Gasteiger partial charge < -0.3 is 9.40 Å². The van der Waals surface area contributed by atoms with Crippen molar-refractivity contribution in [1.82, 2.24) is 29.3 Å². The minimum absolute atomic E-state index is 0.426. The first-order chi connectivity index (χ1) is 11.6. The van der Waals surface area contributed by atoms with Gasteiger partial charge in [-0.1, -0.05) is 19.0 Å². The van der Waals surface area contributed by atoms with Gasteiger partial charge in [-0.15, -0.1) is 0 Å². The van der Waals surface area contributed by atoms with Gasteiger partial charge in [-0.05, 0) is 19.8 Å². The minimum Gasteiger partial charge on any atom is -0.395 e. The molecule has 0 unspecified atom stereocenters. The Bertz CT molecular complexity index is 849. The average Bonchev–Trinajstić information content (AvgIpc) is 3.20. The van der Waals surface area contributed by atoms with Crippen molar-refractivity contribution in [3.05, 3.63) is 30.6 Å². The van der Waals surface area contributed by atoms with Crippen molar-refractivity contribution in [2.75, 3.05) is 6.61 Å². The second-order valence-corrected chi connectivity index (χ2v) is 5.92. The van der Waals surface area contributed by atoms with E-state index in [0.717, 1.165) is 28.9 Å². The Balaban J connectivity index is 2.09. The van der Waals surface area contributed by atoms with Crippen LogP contribution in [-0.4, -0.2) is 41.6 Å². The minimum atomic E-state index is 0.426. The molecule has 0 amide bonds. The normalized spacial score (nSPS) is 12.3. The molecule has 0 N–H and O–H groups in total. The largest absolute Gasteiger partial charge is 0.395 e. The molecule has 24 heavy (non-hydrogen) atoms. The van der Waals surface area contributed by atoms with Crippen molar-refractivity contribution in [3.63, 3.8) is 0 Å². The van der Waals surface area contributed by atoms with Gasteiger partial charge in [0.05, 0.1) is 17.4 Å². The van der Waals surface area contributed by atoms with Crippen LogP contribution in [0.5, 0.6) is 0 Å². The van der Waals surface area contributed by atoms with Crippen LogP contribution in [0.4, 0.5) is 0 Å². The lowest BCUT2D eigenvalue weighted by atomic mass is 10.1. The fraction of sp³-hybridized carbons (Fsp3) is 0.438. The molecule has 0 spiro atoms. The third-order valence-corrected chi connectivity index (χ3v) is 3.57. The van der Waals surface area contributed by atoms with Crippen molar-refractivity contribution in [3.8, 4) is 5.95 Å². The summed E-state index contributed by atoms with van der Waals surface area (Å²) in [4.78, 5) is 18.3. The Hall–Kier alpha value is -2.77. The third kappa shape index (κ3) is 2.99. The molecule has 0 saturated carbocycles. The van der Waals surface area contributed by atoms with Crippen molar-refractivity contribution < 1.29 is 4.84 Å². The number of imidazole rings is 1. The summed E-state index contributed by atoms with van der Waals surface area (Å²) in [6.45, 7) is 9.47. The zero-order valence-corrected chi connectivity index (χ0v) is 14.3. The molecular formula is C16H21N7O. The lowest BCUT2D eigenvalue weighted by Gasteiger charge is -2.09. The van der Waals surface area contributed by atoms with Crippen molar-refractivity contribution in [2.45, 2.75) is 34.2 Å². The molecule has 3 rings (SSSR count). The van der Waals surface area contributed by atoms with Gasteiger partial charge in [-0.3, -0.25) is 4.98 Å². The van der Waals surface area contributed by atoms with Crippen LogP contribution in [0.15, 0.2) is 30.2 Å². The van der Waals surface area contributed by atoms with Gasteiger partial charge in [0.15, 0.2) is 0 Å². The predicted molar refractivity (Wildman–Crippen MR) is 91.1 cm³/mol. The summed E-state index contributed by atoms with van der Waals surface area (Å²) in [7, 11) is 0. The van der Waals surface area contributed by atoms with E-state index in [1.807, 2.05) is 6.92 Å². The molecule has 0 aromatic carbocycles. The molecule has 8 heteroatoms. The molecule has 3 aromatic heterocycles. The fourth-order valence-corrected chi connectivity index (χ4v) is 2.46. The van der Waals surface area contributed by atoms with Crippen LogP contribution in [0.3, 0.4) is 0 Å². The van der Waals surface area contributed by atoms with E-state index in [1.54, 1.807) is 23.4 Å². The van der Waals surface area contributed by atoms with Gasteiger partial charge in [-0.25, -0.2) is 9.97 Å². The number of hydrogen-bond acceptors (Lipinski definition) is 6. The first-order valence-corrected chi connectivity index (χ1v) is 7.98. The molecule has 0 aliphatic rings. The van der Waals surface area contributed by atoms with E-state index in [2.05, 4.69) is 50.5 Å². The molecule has 3 heterocycles. The second kappa shape index (κ2) is 6.77. The van der Waals surface area contributed by atoms with Crippen LogP contribution in [0.1, 0.15) is 33.3 Å². The first-order valence-electron chi connectivity index (χ1n) is 7.98. The van der Waals surface area contributed by atoms with Gasteiger partial charge in [0.25, 0.3) is 0 Å². The first kappa shape index (κ1) is 16.1. The van der Waals surface area contributed by atoms with E-state index in [0.29, 0.717) is 18.5 Å². The quantitative estimate of drug-likeness (QED) is 0.513. The molecule has 0 radical (unpaired) electrons. The van der Waals surface area contributed by atoms with E-state index < -0.39 is 0 Å². The summed E-state index contributed by atoms with van der Waals surface area (Å²) < 4.78 is 3.72. The van der Waals surface area contributed by atoms with Gasteiger partial charge in [0.1, 0.15) is 24.8 Å². The van der Waals surface area contributed by atoms with Crippen LogP contribution in [0.2, 0.25) is 0 Å². The zero-order chi connectivity index (χ0) is 17.1. The maximum absolute atomic E-state index is 5.42. The molecule has 8 nitrogen and oxygen atoms in total. The van der Waals surface area contributed by atoms with Crippen molar-refractivity contribution >= 4 is 16.7 Å². The molecule has 0 aliphatic heterocycles. The molecule has 3 aromatic rings. The number of aromatic nitrogens is 6.